The van der Waals surface area contributed by atoms with Crippen LogP contribution >= 0.6 is 11.3 Å². The molecule has 0 radical (unpaired) electrons. The van der Waals surface area contributed by atoms with Crippen molar-refractivity contribution in [1.82, 2.24) is 19.4 Å². The Morgan fingerprint density at radius 1 is 1.17 bits per heavy atom. The zero-order valence-corrected chi connectivity index (χ0v) is 19.4. The summed E-state index contributed by atoms with van der Waals surface area (Å²) in [6.07, 6.45) is -3.08. The zero-order valence-electron chi connectivity index (χ0n) is 18.6. The molecule has 3 aromatic rings. The highest BCUT2D eigenvalue weighted by molar-refractivity contribution is 7.09. The van der Waals surface area contributed by atoms with E-state index in [1.807, 2.05) is 41.6 Å². The van der Waals surface area contributed by atoms with Gasteiger partial charge in [-0.1, -0.05) is 12.1 Å². The summed E-state index contributed by atoms with van der Waals surface area (Å²) in [5, 5.41) is 10.2. The van der Waals surface area contributed by atoms with Gasteiger partial charge < -0.3 is 14.6 Å². The standard InChI is InChI=1S/C21H21FN4OS.C2HF3O2/c1-14-23-17(13-28-14)10-26-20-12-24(9-15-4-2-5-16(22)8-15)11-19(20)25-7-3-6-18(25)21(26)27;3-2(4,5)1(6)7/h2-8,13,19-20H,9-12H2,1H3;(H,6,7). The molecule has 12 heteroatoms. The molecule has 1 fully saturated rings. The number of amides is 1. The van der Waals surface area contributed by atoms with E-state index in [4.69, 9.17) is 9.90 Å². The Hall–Kier alpha value is -3.25. The van der Waals surface area contributed by atoms with Gasteiger partial charge >= 0.3 is 12.1 Å². The molecule has 7 nitrogen and oxygen atoms in total. The summed E-state index contributed by atoms with van der Waals surface area (Å²) < 4.78 is 47.4. The Kier molecular flexibility index (Phi) is 6.95. The Morgan fingerprint density at radius 3 is 2.51 bits per heavy atom. The average molecular weight is 511 g/mol. The number of aryl methyl sites for hydroxylation is 1. The number of alkyl halides is 3. The van der Waals surface area contributed by atoms with Gasteiger partial charge in [0.05, 0.1) is 29.3 Å². The summed E-state index contributed by atoms with van der Waals surface area (Å²) in [4.78, 5) is 30.9. The maximum absolute atomic E-state index is 13.6. The number of carboxylic acids is 1. The van der Waals surface area contributed by atoms with E-state index >= 15 is 0 Å². The SMILES string of the molecule is Cc1nc(CN2C(=O)c3cccn3C3CN(Cc4cccc(F)c4)CC32)cs1.O=C(O)C(F)(F)F. The molecule has 0 aliphatic carbocycles. The second-order valence-corrected chi connectivity index (χ2v) is 9.42. The number of benzene rings is 1. The number of carbonyl (C=O) groups excluding carboxylic acids is 1. The molecule has 0 spiro atoms. The van der Waals surface area contributed by atoms with E-state index in [-0.39, 0.29) is 23.8 Å². The van der Waals surface area contributed by atoms with E-state index in [2.05, 4.69) is 14.5 Å². The van der Waals surface area contributed by atoms with Gasteiger partial charge in [-0.15, -0.1) is 11.3 Å². The minimum atomic E-state index is -5.08. The molecule has 186 valence electrons. The van der Waals surface area contributed by atoms with Crippen LogP contribution in [0, 0.1) is 12.7 Å². The van der Waals surface area contributed by atoms with Crippen molar-refractivity contribution < 1.29 is 32.3 Å². The number of aliphatic carboxylic acids is 1. The fourth-order valence-electron chi connectivity index (χ4n) is 4.46. The van der Waals surface area contributed by atoms with Crippen LogP contribution < -0.4 is 0 Å². The van der Waals surface area contributed by atoms with Gasteiger partial charge in [0.2, 0.25) is 0 Å². The number of fused-ring (bicyclic) bond motifs is 3. The highest BCUT2D eigenvalue weighted by Gasteiger charge is 2.45. The number of hydrogen-bond acceptors (Lipinski definition) is 5. The van der Waals surface area contributed by atoms with E-state index in [0.717, 1.165) is 35.0 Å². The van der Waals surface area contributed by atoms with Crippen LogP contribution in [0.25, 0.3) is 0 Å². The van der Waals surface area contributed by atoms with Crippen LogP contribution in [0.4, 0.5) is 17.6 Å². The number of aromatic nitrogens is 2. The number of rotatable bonds is 4. The van der Waals surface area contributed by atoms with Crippen LogP contribution in [0.2, 0.25) is 0 Å². The molecule has 1 amide bonds. The van der Waals surface area contributed by atoms with E-state index in [1.165, 1.54) is 6.07 Å². The fourth-order valence-corrected chi connectivity index (χ4v) is 5.06. The summed E-state index contributed by atoms with van der Waals surface area (Å²) in [5.74, 6) is -2.91. The smallest absolute Gasteiger partial charge is 0.475 e. The first-order valence-electron chi connectivity index (χ1n) is 10.7. The number of likely N-dealkylation sites (tertiary alicyclic amines) is 1. The predicted octanol–water partition coefficient (Wildman–Crippen LogP) is 4.11. The molecule has 2 aliphatic heterocycles. The summed E-state index contributed by atoms with van der Waals surface area (Å²) in [7, 11) is 0. The molecular formula is C23H22F4N4O3S. The molecule has 1 N–H and O–H groups in total. The molecule has 1 aromatic carbocycles. The number of hydrogen-bond donors (Lipinski definition) is 1. The van der Waals surface area contributed by atoms with Crippen molar-refractivity contribution in [3.05, 3.63) is 75.8 Å². The van der Waals surface area contributed by atoms with Crippen LogP contribution in [0.1, 0.15) is 32.8 Å². The van der Waals surface area contributed by atoms with Crippen LogP contribution in [0.3, 0.4) is 0 Å². The lowest BCUT2D eigenvalue weighted by atomic mass is 10.1. The Bertz CT molecular complexity index is 1230. The lowest BCUT2D eigenvalue weighted by molar-refractivity contribution is -0.192. The summed E-state index contributed by atoms with van der Waals surface area (Å²) in [6, 6.07) is 10.9. The third kappa shape index (κ3) is 5.54. The van der Waals surface area contributed by atoms with E-state index in [9.17, 15) is 22.4 Å². The predicted molar refractivity (Wildman–Crippen MR) is 119 cm³/mol. The number of nitrogens with zero attached hydrogens (tertiary/aromatic N) is 4. The molecule has 2 aliphatic rings. The quantitative estimate of drug-likeness (QED) is 0.535. The van der Waals surface area contributed by atoms with Gasteiger partial charge in [-0.2, -0.15) is 13.2 Å². The van der Waals surface area contributed by atoms with E-state index in [0.29, 0.717) is 13.1 Å². The normalized spacial score (nSPS) is 19.7. The monoisotopic (exact) mass is 510 g/mol. The third-order valence-electron chi connectivity index (χ3n) is 5.89. The van der Waals surface area contributed by atoms with Gasteiger partial charge in [0, 0.05) is 31.2 Å². The number of thiazole rings is 1. The van der Waals surface area contributed by atoms with E-state index in [1.54, 1.807) is 23.5 Å². The van der Waals surface area contributed by atoms with Gasteiger partial charge in [0.15, 0.2) is 0 Å². The van der Waals surface area contributed by atoms with Crippen molar-refractivity contribution in [3.8, 4) is 0 Å². The molecule has 2 atom stereocenters. The lowest BCUT2D eigenvalue weighted by Gasteiger charge is -2.38. The highest BCUT2D eigenvalue weighted by Crippen LogP contribution is 2.35. The number of halogens is 4. The molecule has 1 saturated heterocycles. The van der Waals surface area contributed by atoms with Crippen LogP contribution in [-0.4, -0.2) is 61.6 Å². The Morgan fingerprint density at radius 2 is 1.89 bits per heavy atom. The highest BCUT2D eigenvalue weighted by atomic mass is 32.1. The minimum absolute atomic E-state index is 0.0597. The first-order valence-corrected chi connectivity index (χ1v) is 11.6. The molecule has 4 heterocycles. The van der Waals surface area contributed by atoms with Crippen molar-refractivity contribution in [1.29, 1.82) is 0 Å². The Balaban J connectivity index is 0.000000364. The summed E-state index contributed by atoms with van der Waals surface area (Å²) in [5.41, 5.74) is 2.64. The first-order chi connectivity index (χ1) is 16.5. The molecule has 35 heavy (non-hydrogen) atoms. The van der Waals surface area contributed by atoms with Gasteiger partial charge in [0.1, 0.15) is 11.5 Å². The average Bonchev–Trinajstić information content (AvgIpc) is 3.50. The second-order valence-electron chi connectivity index (χ2n) is 8.35. The Labute approximate surface area is 202 Å². The number of carboxylic acid groups (broad SMARTS) is 1. The summed E-state index contributed by atoms with van der Waals surface area (Å²) in [6.45, 7) is 4.80. The maximum atomic E-state index is 13.6. The topological polar surface area (TPSA) is 78.7 Å². The lowest BCUT2D eigenvalue weighted by Crippen LogP contribution is -2.49. The van der Waals surface area contributed by atoms with Crippen molar-refractivity contribution in [2.45, 2.75) is 38.3 Å². The van der Waals surface area contributed by atoms with Gasteiger partial charge in [-0.25, -0.2) is 14.2 Å². The van der Waals surface area contributed by atoms with Crippen LogP contribution in [-0.2, 0) is 17.9 Å². The fraction of sp³-hybridized carbons (Fsp3) is 0.348. The van der Waals surface area contributed by atoms with Gasteiger partial charge in [-0.05, 0) is 36.8 Å². The molecule has 0 bridgehead atoms. The second kappa shape index (κ2) is 9.78. The third-order valence-corrected chi connectivity index (χ3v) is 6.71. The number of carbonyl (C=O) groups is 2. The molecule has 2 unspecified atom stereocenters. The van der Waals surface area contributed by atoms with Crippen molar-refractivity contribution in [2.75, 3.05) is 13.1 Å². The molecule has 5 rings (SSSR count). The molecular weight excluding hydrogens is 488 g/mol. The van der Waals surface area contributed by atoms with Crippen LogP contribution in [0.5, 0.6) is 0 Å². The maximum Gasteiger partial charge on any atom is 0.490 e. The van der Waals surface area contributed by atoms with Crippen molar-refractivity contribution in [2.24, 2.45) is 0 Å². The first kappa shape index (κ1) is 24.9. The van der Waals surface area contributed by atoms with Gasteiger partial charge in [-0.3, -0.25) is 9.69 Å². The zero-order chi connectivity index (χ0) is 25.3. The minimum Gasteiger partial charge on any atom is -0.475 e. The molecule has 0 saturated carbocycles. The molecule has 2 aromatic heterocycles. The largest absolute Gasteiger partial charge is 0.490 e. The van der Waals surface area contributed by atoms with E-state index < -0.39 is 12.1 Å². The van der Waals surface area contributed by atoms with Crippen LogP contribution in [0.15, 0.2) is 48.0 Å². The summed E-state index contributed by atoms with van der Waals surface area (Å²) >= 11 is 1.61. The van der Waals surface area contributed by atoms with Gasteiger partial charge in [0.25, 0.3) is 5.91 Å². The van der Waals surface area contributed by atoms with Crippen molar-refractivity contribution in [3.63, 3.8) is 0 Å². The van der Waals surface area contributed by atoms with Crippen molar-refractivity contribution >= 4 is 23.2 Å².